The van der Waals surface area contributed by atoms with Gasteiger partial charge >= 0.3 is 0 Å². The Morgan fingerprint density at radius 1 is 0.929 bits per heavy atom. The van der Waals surface area contributed by atoms with Crippen molar-refractivity contribution in [1.82, 2.24) is 10.2 Å². The standard InChI is InChI=1S/C12H24N2/c1-2-4-6-12(5-3-1)11-14-9-7-13-8-10-14/h12-13H,1-11H2. The first-order chi connectivity index (χ1) is 6.95. The molecule has 1 aliphatic heterocycles. The number of hydrogen-bond donors (Lipinski definition) is 1. The predicted octanol–water partition coefficient (Wildman–Crippen LogP) is 1.86. The van der Waals surface area contributed by atoms with Crippen molar-refractivity contribution in [2.45, 2.75) is 38.5 Å². The third kappa shape index (κ3) is 3.25. The first-order valence-corrected chi connectivity index (χ1v) is 6.38. The summed E-state index contributed by atoms with van der Waals surface area (Å²) in [5.41, 5.74) is 0. The Bertz CT molecular complexity index is 144. The van der Waals surface area contributed by atoms with E-state index in [9.17, 15) is 0 Å². The van der Waals surface area contributed by atoms with Gasteiger partial charge in [0, 0.05) is 32.7 Å². The summed E-state index contributed by atoms with van der Waals surface area (Å²) in [6.07, 6.45) is 8.91. The summed E-state index contributed by atoms with van der Waals surface area (Å²) in [5.74, 6) is 1.01. The van der Waals surface area contributed by atoms with Crippen LogP contribution in [0.5, 0.6) is 0 Å². The van der Waals surface area contributed by atoms with E-state index in [1.165, 1.54) is 71.2 Å². The van der Waals surface area contributed by atoms with Gasteiger partial charge in [0.1, 0.15) is 0 Å². The van der Waals surface area contributed by atoms with Crippen LogP contribution in [0.4, 0.5) is 0 Å². The first-order valence-electron chi connectivity index (χ1n) is 6.38. The third-order valence-electron chi connectivity index (χ3n) is 3.70. The van der Waals surface area contributed by atoms with Gasteiger partial charge in [-0.2, -0.15) is 0 Å². The highest BCUT2D eigenvalue weighted by Gasteiger charge is 2.17. The van der Waals surface area contributed by atoms with E-state index in [0.717, 1.165) is 5.92 Å². The fourth-order valence-electron chi connectivity index (χ4n) is 2.81. The van der Waals surface area contributed by atoms with Crippen LogP contribution >= 0.6 is 0 Å². The molecular weight excluding hydrogens is 172 g/mol. The Morgan fingerprint density at radius 3 is 2.21 bits per heavy atom. The van der Waals surface area contributed by atoms with Gasteiger partial charge in [-0.25, -0.2) is 0 Å². The highest BCUT2D eigenvalue weighted by molar-refractivity contribution is 4.73. The molecule has 0 aromatic heterocycles. The van der Waals surface area contributed by atoms with Gasteiger partial charge < -0.3 is 10.2 Å². The van der Waals surface area contributed by atoms with E-state index in [1.807, 2.05) is 0 Å². The Labute approximate surface area is 88.1 Å². The minimum Gasteiger partial charge on any atom is -0.314 e. The highest BCUT2D eigenvalue weighted by Crippen LogP contribution is 2.23. The third-order valence-corrected chi connectivity index (χ3v) is 3.70. The molecule has 1 saturated carbocycles. The molecule has 82 valence electrons. The molecule has 1 aliphatic carbocycles. The molecule has 1 heterocycles. The molecular formula is C12H24N2. The van der Waals surface area contributed by atoms with Crippen molar-refractivity contribution < 1.29 is 0 Å². The van der Waals surface area contributed by atoms with E-state index >= 15 is 0 Å². The molecule has 0 atom stereocenters. The highest BCUT2D eigenvalue weighted by atomic mass is 15.2. The zero-order valence-electron chi connectivity index (χ0n) is 9.30. The Hall–Kier alpha value is -0.0800. The summed E-state index contributed by atoms with van der Waals surface area (Å²) in [7, 11) is 0. The van der Waals surface area contributed by atoms with E-state index in [4.69, 9.17) is 0 Å². The SMILES string of the molecule is C1CCCC(CN2CCNCC2)CC1. The van der Waals surface area contributed by atoms with Gasteiger partial charge in [0.15, 0.2) is 0 Å². The molecule has 1 N–H and O–H groups in total. The maximum Gasteiger partial charge on any atom is 0.0107 e. The monoisotopic (exact) mass is 196 g/mol. The Balaban J connectivity index is 1.71. The number of nitrogens with one attached hydrogen (secondary N) is 1. The van der Waals surface area contributed by atoms with Crippen LogP contribution in [-0.4, -0.2) is 37.6 Å². The maximum atomic E-state index is 3.42. The Kier molecular flexibility index (Phi) is 4.26. The molecule has 2 rings (SSSR count). The van der Waals surface area contributed by atoms with Crippen molar-refractivity contribution in [1.29, 1.82) is 0 Å². The first kappa shape index (κ1) is 10.4. The molecule has 0 unspecified atom stereocenters. The lowest BCUT2D eigenvalue weighted by atomic mass is 9.99. The number of nitrogens with zero attached hydrogens (tertiary/aromatic N) is 1. The van der Waals surface area contributed by atoms with E-state index in [-0.39, 0.29) is 0 Å². The largest absolute Gasteiger partial charge is 0.314 e. The van der Waals surface area contributed by atoms with Crippen molar-refractivity contribution in [2.24, 2.45) is 5.92 Å². The zero-order valence-corrected chi connectivity index (χ0v) is 9.30. The van der Waals surface area contributed by atoms with E-state index in [1.54, 1.807) is 0 Å². The van der Waals surface area contributed by atoms with Crippen molar-refractivity contribution in [3.05, 3.63) is 0 Å². The fourth-order valence-corrected chi connectivity index (χ4v) is 2.81. The lowest BCUT2D eigenvalue weighted by Gasteiger charge is -2.30. The molecule has 2 nitrogen and oxygen atoms in total. The molecule has 1 saturated heterocycles. The molecule has 2 aliphatic rings. The molecule has 0 amide bonds. The predicted molar refractivity (Wildman–Crippen MR) is 60.5 cm³/mol. The minimum absolute atomic E-state index is 1.01. The fraction of sp³-hybridized carbons (Fsp3) is 1.00. The summed E-state index contributed by atoms with van der Waals surface area (Å²) in [6.45, 7) is 6.33. The van der Waals surface area contributed by atoms with E-state index in [2.05, 4.69) is 10.2 Å². The molecule has 0 aromatic rings. The summed E-state index contributed by atoms with van der Waals surface area (Å²) < 4.78 is 0. The van der Waals surface area contributed by atoms with E-state index < -0.39 is 0 Å². The summed E-state index contributed by atoms with van der Waals surface area (Å²) in [6, 6.07) is 0. The lowest BCUT2D eigenvalue weighted by molar-refractivity contribution is 0.196. The molecule has 2 fully saturated rings. The van der Waals surface area contributed by atoms with Crippen LogP contribution in [0.3, 0.4) is 0 Å². The van der Waals surface area contributed by atoms with Crippen LogP contribution in [0.2, 0.25) is 0 Å². The zero-order chi connectivity index (χ0) is 9.64. The van der Waals surface area contributed by atoms with Gasteiger partial charge in [0.2, 0.25) is 0 Å². The Morgan fingerprint density at radius 2 is 1.57 bits per heavy atom. The van der Waals surface area contributed by atoms with Crippen LogP contribution in [0.25, 0.3) is 0 Å². The van der Waals surface area contributed by atoms with Crippen molar-refractivity contribution in [2.75, 3.05) is 32.7 Å². The lowest BCUT2D eigenvalue weighted by Crippen LogP contribution is -2.45. The second-order valence-corrected chi connectivity index (χ2v) is 4.91. The minimum atomic E-state index is 1.01. The molecule has 14 heavy (non-hydrogen) atoms. The second kappa shape index (κ2) is 5.72. The smallest absolute Gasteiger partial charge is 0.0107 e. The molecule has 2 heteroatoms. The topological polar surface area (TPSA) is 15.3 Å². The normalized spacial score (nSPS) is 27.4. The molecule has 0 bridgehead atoms. The van der Waals surface area contributed by atoms with Gasteiger partial charge in [0.05, 0.1) is 0 Å². The number of piperazine rings is 1. The van der Waals surface area contributed by atoms with Gasteiger partial charge in [-0.15, -0.1) is 0 Å². The molecule has 0 aromatic carbocycles. The molecule has 0 spiro atoms. The summed E-state index contributed by atoms with van der Waals surface area (Å²) in [5, 5.41) is 3.42. The van der Waals surface area contributed by atoms with Crippen molar-refractivity contribution >= 4 is 0 Å². The number of hydrogen-bond acceptors (Lipinski definition) is 2. The van der Waals surface area contributed by atoms with Gasteiger partial charge in [-0.3, -0.25) is 0 Å². The van der Waals surface area contributed by atoms with Crippen molar-refractivity contribution in [3.8, 4) is 0 Å². The van der Waals surface area contributed by atoms with Gasteiger partial charge in [-0.05, 0) is 18.8 Å². The van der Waals surface area contributed by atoms with Crippen LogP contribution in [0.15, 0.2) is 0 Å². The van der Waals surface area contributed by atoms with Crippen LogP contribution < -0.4 is 5.32 Å². The number of rotatable bonds is 2. The maximum absolute atomic E-state index is 3.42. The van der Waals surface area contributed by atoms with Gasteiger partial charge in [-0.1, -0.05) is 25.7 Å². The van der Waals surface area contributed by atoms with Crippen LogP contribution in [0, 0.1) is 5.92 Å². The average molecular weight is 196 g/mol. The van der Waals surface area contributed by atoms with Crippen molar-refractivity contribution in [3.63, 3.8) is 0 Å². The quantitative estimate of drug-likeness (QED) is 0.678. The average Bonchev–Trinajstić information content (AvgIpc) is 2.48. The van der Waals surface area contributed by atoms with Crippen LogP contribution in [0.1, 0.15) is 38.5 Å². The van der Waals surface area contributed by atoms with Gasteiger partial charge in [0.25, 0.3) is 0 Å². The van der Waals surface area contributed by atoms with Crippen LogP contribution in [-0.2, 0) is 0 Å². The molecule has 0 radical (unpaired) electrons. The second-order valence-electron chi connectivity index (χ2n) is 4.91. The summed E-state index contributed by atoms with van der Waals surface area (Å²) in [4.78, 5) is 2.66. The van der Waals surface area contributed by atoms with E-state index in [0.29, 0.717) is 0 Å². The summed E-state index contributed by atoms with van der Waals surface area (Å²) >= 11 is 0.